The van der Waals surface area contributed by atoms with Crippen molar-refractivity contribution in [3.63, 3.8) is 0 Å². The summed E-state index contributed by atoms with van der Waals surface area (Å²) in [5.41, 5.74) is 0.490. The van der Waals surface area contributed by atoms with Gasteiger partial charge in [0.15, 0.2) is 0 Å². The van der Waals surface area contributed by atoms with E-state index in [1.54, 1.807) is 31.2 Å². The summed E-state index contributed by atoms with van der Waals surface area (Å²) >= 11 is 5.75. The lowest BCUT2D eigenvalue weighted by Crippen LogP contribution is -2.62. The van der Waals surface area contributed by atoms with E-state index in [0.717, 1.165) is 0 Å². The first-order chi connectivity index (χ1) is 10.2. The van der Waals surface area contributed by atoms with Gasteiger partial charge in [-0.2, -0.15) is 13.2 Å². The molecule has 0 saturated carbocycles. The zero-order chi connectivity index (χ0) is 16.5. The molecular formula is C14H17ClF3N3O. The van der Waals surface area contributed by atoms with Crippen molar-refractivity contribution >= 4 is 23.3 Å². The summed E-state index contributed by atoms with van der Waals surface area (Å²) in [6.45, 7) is 1.52. The monoisotopic (exact) mass is 335 g/mol. The predicted molar refractivity (Wildman–Crippen MR) is 79.1 cm³/mol. The van der Waals surface area contributed by atoms with Crippen LogP contribution in [-0.2, 0) is 0 Å². The number of rotatable bonds is 1. The third kappa shape index (κ3) is 3.84. The number of hydrogen-bond donors (Lipinski definition) is 1. The van der Waals surface area contributed by atoms with Crippen molar-refractivity contribution in [2.24, 2.45) is 0 Å². The smallest absolute Gasteiger partial charge is 0.321 e. The number of nitrogens with one attached hydrogen (secondary N) is 1. The largest absolute Gasteiger partial charge is 0.405 e. The van der Waals surface area contributed by atoms with Crippen LogP contribution >= 0.6 is 11.6 Å². The number of halogens is 4. The normalized spacial score (nSPS) is 23.5. The van der Waals surface area contributed by atoms with Gasteiger partial charge in [-0.25, -0.2) is 4.79 Å². The highest BCUT2D eigenvalue weighted by molar-refractivity contribution is 6.30. The molecule has 0 spiro atoms. The van der Waals surface area contributed by atoms with E-state index in [-0.39, 0.29) is 19.1 Å². The molecule has 1 saturated heterocycles. The number of anilines is 1. The first-order valence-electron chi connectivity index (χ1n) is 6.78. The van der Waals surface area contributed by atoms with Crippen molar-refractivity contribution < 1.29 is 18.0 Å². The van der Waals surface area contributed by atoms with Crippen molar-refractivity contribution in [3.8, 4) is 0 Å². The van der Waals surface area contributed by atoms with E-state index >= 15 is 0 Å². The second-order valence-electron chi connectivity index (χ2n) is 5.41. The first-order valence-corrected chi connectivity index (χ1v) is 7.16. The average molecular weight is 336 g/mol. The zero-order valence-electron chi connectivity index (χ0n) is 12.2. The van der Waals surface area contributed by atoms with Crippen LogP contribution in [0.4, 0.5) is 23.7 Å². The van der Waals surface area contributed by atoms with E-state index in [1.165, 1.54) is 16.8 Å². The molecule has 0 bridgehead atoms. The lowest BCUT2D eigenvalue weighted by atomic mass is 10.1. The van der Waals surface area contributed by atoms with Crippen LogP contribution in [0.25, 0.3) is 0 Å². The number of hydrogen-bond acceptors (Lipinski definition) is 2. The molecule has 1 aromatic rings. The number of piperazine rings is 1. The van der Waals surface area contributed by atoms with Gasteiger partial charge in [0.2, 0.25) is 0 Å². The number of carbonyl (C=O) groups is 1. The van der Waals surface area contributed by atoms with Crippen molar-refractivity contribution in [1.82, 2.24) is 9.80 Å². The van der Waals surface area contributed by atoms with Crippen LogP contribution in [0.15, 0.2) is 24.3 Å². The summed E-state index contributed by atoms with van der Waals surface area (Å²) in [6.07, 6.45) is -4.37. The quantitative estimate of drug-likeness (QED) is 0.853. The maximum absolute atomic E-state index is 13.1. The van der Waals surface area contributed by atoms with Gasteiger partial charge in [-0.3, -0.25) is 4.90 Å². The van der Waals surface area contributed by atoms with Gasteiger partial charge in [-0.1, -0.05) is 11.6 Å². The Morgan fingerprint density at radius 1 is 1.27 bits per heavy atom. The minimum Gasteiger partial charge on any atom is -0.321 e. The van der Waals surface area contributed by atoms with Crippen LogP contribution in [0.5, 0.6) is 0 Å². The van der Waals surface area contributed by atoms with Gasteiger partial charge in [-0.15, -0.1) is 0 Å². The van der Waals surface area contributed by atoms with E-state index in [2.05, 4.69) is 5.32 Å². The number of urea groups is 1. The van der Waals surface area contributed by atoms with Crippen molar-refractivity contribution in [1.29, 1.82) is 0 Å². The number of nitrogens with zero attached hydrogens (tertiary/aromatic N) is 2. The highest BCUT2D eigenvalue weighted by atomic mass is 35.5. The summed E-state index contributed by atoms with van der Waals surface area (Å²) in [5.74, 6) is 0. The van der Waals surface area contributed by atoms with Crippen molar-refractivity contribution in [2.75, 3.05) is 25.5 Å². The molecule has 1 aliphatic rings. The van der Waals surface area contributed by atoms with E-state index < -0.39 is 18.2 Å². The number of benzene rings is 1. The molecular weight excluding hydrogens is 319 g/mol. The molecule has 0 aromatic heterocycles. The average Bonchev–Trinajstić information content (AvgIpc) is 2.42. The van der Waals surface area contributed by atoms with Gasteiger partial charge in [0.1, 0.15) is 6.04 Å². The summed E-state index contributed by atoms with van der Waals surface area (Å²) < 4.78 is 39.2. The van der Waals surface area contributed by atoms with Gasteiger partial charge in [-0.05, 0) is 38.2 Å². The SMILES string of the molecule is CC1CN(C(=O)Nc2ccc(Cl)cc2)CC(C(F)(F)F)N1C. The Morgan fingerprint density at radius 3 is 2.41 bits per heavy atom. The van der Waals surface area contributed by atoms with E-state index in [0.29, 0.717) is 10.7 Å². The van der Waals surface area contributed by atoms with Crippen molar-refractivity contribution in [3.05, 3.63) is 29.3 Å². The minimum absolute atomic E-state index is 0.239. The van der Waals surface area contributed by atoms with Gasteiger partial charge in [0, 0.05) is 29.8 Å². The Hall–Kier alpha value is -1.47. The Balaban J connectivity index is 2.07. The third-order valence-electron chi connectivity index (χ3n) is 3.83. The van der Waals surface area contributed by atoms with Gasteiger partial charge in [0.25, 0.3) is 0 Å². The molecule has 22 heavy (non-hydrogen) atoms. The van der Waals surface area contributed by atoms with Crippen LogP contribution in [0, 0.1) is 0 Å². The summed E-state index contributed by atoms with van der Waals surface area (Å²) in [7, 11) is 1.43. The maximum atomic E-state index is 13.1. The van der Waals surface area contributed by atoms with Crippen LogP contribution in [0.1, 0.15) is 6.92 Å². The lowest BCUT2D eigenvalue weighted by molar-refractivity contribution is -0.196. The molecule has 2 rings (SSSR count). The fourth-order valence-electron chi connectivity index (χ4n) is 2.40. The maximum Gasteiger partial charge on any atom is 0.405 e. The Bertz CT molecular complexity index is 535. The number of carbonyl (C=O) groups excluding carboxylic acids is 1. The Labute approximate surface area is 131 Å². The van der Waals surface area contributed by atoms with Gasteiger partial charge >= 0.3 is 12.2 Å². The first kappa shape index (κ1) is 16.9. The van der Waals surface area contributed by atoms with E-state index in [9.17, 15) is 18.0 Å². The van der Waals surface area contributed by atoms with Gasteiger partial charge < -0.3 is 10.2 Å². The molecule has 2 atom stereocenters. The van der Waals surface area contributed by atoms with Crippen molar-refractivity contribution in [2.45, 2.75) is 25.2 Å². The second-order valence-corrected chi connectivity index (χ2v) is 5.85. The van der Waals surface area contributed by atoms with Crippen LogP contribution in [-0.4, -0.2) is 54.2 Å². The second kappa shape index (κ2) is 6.34. The number of likely N-dealkylation sites (N-methyl/N-ethyl adjacent to an activating group) is 1. The summed E-state index contributed by atoms with van der Waals surface area (Å²) in [5, 5.41) is 3.11. The highest BCUT2D eigenvalue weighted by Crippen LogP contribution is 2.29. The van der Waals surface area contributed by atoms with Gasteiger partial charge in [0.05, 0.1) is 0 Å². The predicted octanol–water partition coefficient (Wildman–Crippen LogP) is 3.44. The highest BCUT2D eigenvalue weighted by Gasteiger charge is 2.47. The molecule has 1 aliphatic heterocycles. The molecule has 0 radical (unpaired) electrons. The Morgan fingerprint density at radius 2 is 1.86 bits per heavy atom. The summed E-state index contributed by atoms with van der Waals surface area (Å²) in [4.78, 5) is 14.6. The minimum atomic E-state index is -4.37. The van der Waals surface area contributed by atoms with Crippen LogP contribution < -0.4 is 5.32 Å². The van der Waals surface area contributed by atoms with Crippen LogP contribution in [0.2, 0.25) is 5.02 Å². The molecule has 0 aliphatic carbocycles. The molecule has 2 unspecified atom stereocenters. The fraction of sp³-hybridized carbons (Fsp3) is 0.500. The molecule has 1 fully saturated rings. The Kier molecular flexibility index (Phi) is 4.87. The third-order valence-corrected chi connectivity index (χ3v) is 4.08. The fourth-order valence-corrected chi connectivity index (χ4v) is 2.53. The summed E-state index contributed by atoms with van der Waals surface area (Å²) in [6, 6.07) is 3.81. The lowest BCUT2D eigenvalue weighted by Gasteiger charge is -2.44. The number of alkyl halides is 3. The zero-order valence-corrected chi connectivity index (χ0v) is 12.9. The molecule has 8 heteroatoms. The number of amides is 2. The molecule has 1 N–H and O–H groups in total. The molecule has 2 amide bonds. The standard InChI is InChI=1S/C14H17ClF3N3O/c1-9-7-21(8-12(20(9)2)14(16,17)18)13(22)19-11-5-3-10(15)4-6-11/h3-6,9,12H,7-8H2,1-2H3,(H,19,22). The molecule has 1 aromatic carbocycles. The topological polar surface area (TPSA) is 35.6 Å². The van der Waals surface area contributed by atoms with Crippen LogP contribution in [0.3, 0.4) is 0 Å². The van der Waals surface area contributed by atoms with E-state index in [1.807, 2.05) is 0 Å². The van der Waals surface area contributed by atoms with E-state index in [4.69, 9.17) is 11.6 Å². The molecule has 4 nitrogen and oxygen atoms in total. The molecule has 1 heterocycles. The molecule has 122 valence electrons.